The minimum absolute atomic E-state index is 0.101. The maximum Gasteiger partial charge on any atom is 0.313 e. The van der Waals surface area contributed by atoms with E-state index in [0.29, 0.717) is 20.8 Å². The normalized spacial score (nSPS) is 15.6. The lowest BCUT2D eigenvalue weighted by Crippen LogP contribution is -2.11. The van der Waals surface area contributed by atoms with Crippen LogP contribution in [0.1, 0.15) is 49.4 Å². The lowest BCUT2D eigenvalue weighted by molar-refractivity contribution is -0.133. The second-order valence-electron chi connectivity index (χ2n) is 6.06. The van der Waals surface area contributed by atoms with Gasteiger partial charge in [0, 0.05) is 11.5 Å². The van der Waals surface area contributed by atoms with E-state index in [1.807, 2.05) is 6.07 Å². The molecule has 1 aromatic carbocycles. The summed E-state index contributed by atoms with van der Waals surface area (Å²) >= 11 is 13.4. The van der Waals surface area contributed by atoms with Gasteiger partial charge in [-0.25, -0.2) is 0 Å². The third-order valence-electron chi connectivity index (χ3n) is 4.23. The minimum Gasteiger partial charge on any atom is -0.481 e. The van der Waals surface area contributed by atoms with Crippen LogP contribution < -0.4 is 0 Å². The van der Waals surface area contributed by atoms with Gasteiger partial charge in [0.25, 0.3) is 0 Å². The number of hydrogen-bond acceptors (Lipinski definition) is 5. The van der Waals surface area contributed by atoms with Crippen LogP contribution in [0.2, 0.25) is 10.0 Å². The lowest BCUT2D eigenvalue weighted by atomic mass is 9.89. The van der Waals surface area contributed by atoms with Crippen LogP contribution in [0.25, 0.3) is 0 Å². The molecule has 0 aliphatic heterocycles. The van der Waals surface area contributed by atoms with Crippen molar-refractivity contribution in [1.29, 1.82) is 0 Å². The van der Waals surface area contributed by atoms with Crippen molar-refractivity contribution in [1.82, 2.24) is 14.9 Å². The van der Waals surface area contributed by atoms with Gasteiger partial charge in [0.05, 0.1) is 22.0 Å². The van der Waals surface area contributed by atoms with Gasteiger partial charge < -0.3 is 5.11 Å². The summed E-state index contributed by atoms with van der Waals surface area (Å²) in [4.78, 5) is 10.9. The zero-order valence-corrected chi connectivity index (χ0v) is 16.3. The molecule has 0 spiro atoms. The van der Waals surface area contributed by atoms with Crippen LogP contribution in [0.4, 0.5) is 0 Å². The van der Waals surface area contributed by atoms with Gasteiger partial charge in [-0.2, -0.15) is 9.78 Å². The molecule has 9 heteroatoms. The Morgan fingerprint density at radius 2 is 2.08 bits per heavy atom. The number of carbonyl (C=O) groups is 1. The second kappa shape index (κ2) is 8.88. The van der Waals surface area contributed by atoms with E-state index in [1.165, 1.54) is 6.42 Å². The van der Waals surface area contributed by atoms with Crippen LogP contribution in [-0.2, 0) is 4.79 Å². The average molecular weight is 413 g/mol. The van der Waals surface area contributed by atoms with E-state index < -0.39 is 5.97 Å². The summed E-state index contributed by atoms with van der Waals surface area (Å²) in [7, 11) is 0. The highest BCUT2D eigenvalue weighted by Crippen LogP contribution is 2.33. The second-order valence-corrected chi connectivity index (χ2v) is 7.79. The van der Waals surface area contributed by atoms with Crippen molar-refractivity contribution in [3.05, 3.63) is 39.6 Å². The van der Waals surface area contributed by atoms with Crippen molar-refractivity contribution in [3.63, 3.8) is 0 Å². The van der Waals surface area contributed by atoms with Gasteiger partial charge in [0.15, 0.2) is 5.82 Å². The number of nitrogens with zero attached hydrogens (tertiary/aromatic N) is 4. The molecule has 1 saturated carbocycles. The zero-order valence-electron chi connectivity index (χ0n) is 13.9. The van der Waals surface area contributed by atoms with Crippen molar-refractivity contribution >= 4 is 47.1 Å². The zero-order chi connectivity index (χ0) is 18.5. The van der Waals surface area contributed by atoms with Gasteiger partial charge in [-0.3, -0.25) is 4.79 Å². The fourth-order valence-corrected chi connectivity index (χ4v) is 3.93. The molecule has 0 atom stereocenters. The smallest absolute Gasteiger partial charge is 0.313 e. The van der Waals surface area contributed by atoms with Crippen molar-refractivity contribution in [2.75, 3.05) is 5.75 Å². The van der Waals surface area contributed by atoms with Gasteiger partial charge in [0.1, 0.15) is 0 Å². The molecule has 2 aromatic rings. The van der Waals surface area contributed by atoms with E-state index in [1.54, 1.807) is 23.0 Å². The highest BCUT2D eigenvalue weighted by molar-refractivity contribution is 7.99. The first kappa shape index (κ1) is 19.2. The summed E-state index contributed by atoms with van der Waals surface area (Å²) in [5.41, 5.74) is 0.677. The fraction of sp³-hybridized carbons (Fsp3) is 0.412. The maximum absolute atomic E-state index is 10.9. The Balaban J connectivity index is 1.93. The molecular weight excluding hydrogens is 395 g/mol. The van der Waals surface area contributed by atoms with Gasteiger partial charge in [-0.15, -0.1) is 10.2 Å². The van der Waals surface area contributed by atoms with E-state index in [0.717, 1.165) is 43.3 Å². The molecule has 0 radical (unpaired) electrons. The first-order valence-corrected chi connectivity index (χ1v) is 10.1. The number of hydrogen-bond donors (Lipinski definition) is 1. The molecule has 1 aliphatic rings. The Bertz CT molecular complexity index is 819. The van der Waals surface area contributed by atoms with Crippen LogP contribution in [0.5, 0.6) is 0 Å². The Hall–Kier alpha value is -1.57. The van der Waals surface area contributed by atoms with Crippen LogP contribution >= 0.6 is 35.0 Å². The van der Waals surface area contributed by atoms with Crippen LogP contribution in [-0.4, -0.2) is 37.9 Å². The Kier molecular flexibility index (Phi) is 6.56. The SMILES string of the molecule is O=C(O)CSc1nnc(C2CCCCC2)n1/N=C\c1cccc(Cl)c1Cl. The third kappa shape index (κ3) is 4.58. The summed E-state index contributed by atoms with van der Waals surface area (Å²) in [5.74, 6) is 0.0380. The topological polar surface area (TPSA) is 80.4 Å². The molecule has 3 rings (SSSR count). The minimum atomic E-state index is -0.911. The molecule has 1 fully saturated rings. The standard InChI is InChI=1S/C17H18Cl2N4O2S/c18-13-8-4-7-12(15(13)19)9-20-23-16(11-5-2-1-3-6-11)21-22-17(23)26-10-14(24)25/h4,7-9,11H,1-3,5-6,10H2,(H,24,25)/b20-9-. The van der Waals surface area contributed by atoms with E-state index in [2.05, 4.69) is 15.3 Å². The number of aliphatic carboxylic acids is 1. The Morgan fingerprint density at radius 1 is 1.31 bits per heavy atom. The van der Waals surface area contributed by atoms with E-state index in [-0.39, 0.29) is 11.7 Å². The predicted molar refractivity (Wildman–Crippen MR) is 104 cm³/mol. The number of carboxylic acids is 1. The van der Waals surface area contributed by atoms with E-state index in [4.69, 9.17) is 28.3 Å². The quantitative estimate of drug-likeness (QED) is 0.549. The molecule has 0 amide bonds. The number of thioether (sulfide) groups is 1. The largest absolute Gasteiger partial charge is 0.481 e. The molecule has 0 bridgehead atoms. The van der Waals surface area contributed by atoms with Crippen molar-refractivity contribution in [3.8, 4) is 0 Å². The van der Waals surface area contributed by atoms with Gasteiger partial charge in [-0.05, 0) is 18.9 Å². The number of halogens is 2. The predicted octanol–water partition coefficient (Wildman–Crippen LogP) is 4.69. The van der Waals surface area contributed by atoms with E-state index >= 15 is 0 Å². The van der Waals surface area contributed by atoms with Crippen LogP contribution in [0.15, 0.2) is 28.5 Å². The summed E-state index contributed by atoms with van der Waals surface area (Å²) in [6.45, 7) is 0. The Morgan fingerprint density at radius 3 is 2.81 bits per heavy atom. The fourth-order valence-electron chi connectivity index (χ4n) is 2.96. The maximum atomic E-state index is 10.9. The molecular formula is C17H18Cl2N4O2S. The number of aromatic nitrogens is 3. The average Bonchev–Trinajstić information content (AvgIpc) is 3.05. The van der Waals surface area contributed by atoms with E-state index in [9.17, 15) is 4.79 Å². The van der Waals surface area contributed by atoms with Gasteiger partial charge in [-0.1, -0.05) is 66.4 Å². The lowest BCUT2D eigenvalue weighted by Gasteiger charge is -2.20. The van der Waals surface area contributed by atoms with Crippen molar-refractivity contribution in [2.45, 2.75) is 43.2 Å². The molecule has 1 aliphatic carbocycles. The first-order chi connectivity index (χ1) is 12.6. The third-order valence-corrected chi connectivity index (χ3v) is 5.96. The number of benzene rings is 1. The summed E-state index contributed by atoms with van der Waals surface area (Å²) < 4.78 is 1.64. The first-order valence-electron chi connectivity index (χ1n) is 8.34. The molecule has 6 nitrogen and oxygen atoms in total. The molecule has 0 saturated heterocycles. The molecule has 1 aromatic heterocycles. The van der Waals surface area contributed by atoms with Crippen molar-refractivity contribution in [2.24, 2.45) is 5.10 Å². The van der Waals surface area contributed by atoms with Crippen molar-refractivity contribution < 1.29 is 9.90 Å². The van der Waals surface area contributed by atoms with Gasteiger partial charge in [0.2, 0.25) is 5.16 Å². The highest BCUT2D eigenvalue weighted by Gasteiger charge is 2.24. The van der Waals surface area contributed by atoms with Crippen LogP contribution in [0, 0.1) is 0 Å². The Labute approximate surface area is 165 Å². The molecule has 1 N–H and O–H groups in total. The summed E-state index contributed by atoms with van der Waals surface area (Å²) in [6.07, 6.45) is 7.21. The summed E-state index contributed by atoms with van der Waals surface area (Å²) in [5, 5.41) is 23.2. The molecule has 1 heterocycles. The molecule has 138 valence electrons. The molecule has 0 unspecified atom stereocenters. The number of rotatable bonds is 6. The monoisotopic (exact) mass is 412 g/mol. The number of carboxylic acid groups (broad SMARTS) is 1. The molecule has 26 heavy (non-hydrogen) atoms. The summed E-state index contributed by atoms with van der Waals surface area (Å²) in [6, 6.07) is 5.32. The highest BCUT2D eigenvalue weighted by atomic mass is 35.5. The van der Waals surface area contributed by atoms with Crippen LogP contribution in [0.3, 0.4) is 0 Å². The van der Waals surface area contributed by atoms with Gasteiger partial charge >= 0.3 is 5.97 Å².